The van der Waals surface area contributed by atoms with Gasteiger partial charge in [0.25, 0.3) is 0 Å². The minimum Gasteiger partial charge on any atom is -0.314 e. The molecule has 0 bridgehead atoms. The minimum atomic E-state index is 0.845. The first kappa shape index (κ1) is 11.7. The largest absolute Gasteiger partial charge is 0.314 e. The quantitative estimate of drug-likeness (QED) is 0.748. The Morgan fingerprint density at radius 2 is 2.20 bits per heavy atom. The van der Waals surface area contributed by atoms with Gasteiger partial charge in [0.2, 0.25) is 0 Å². The molecule has 0 saturated carbocycles. The summed E-state index contributed by atoms with van der Waals surface area (Å²) in [5.74, 6) is 2.71. The summed E-state index contributed by atoms with van der Waals surface area (Å²) in [6, 6.07) is 0.845. The van der Waals surface area contributed by atoms with E-state index in [1.165, 1.54) is 57.2 Å². The molecule has 2 rings (SSSR count). The maximum Gasteiger partial charge on any atom is 0.0191 e. The van der Waals surface area contributed by atoms with Crippen molar-refractivity contribution in [3.05, 3.63) is 0 Å². The number of nitrogens with zero attached hydrogens (tertiary/aromatic N) is 2. The van der Waals surface area contributed by atoms with Crippen molar-refractivity contribution in [2.75, 3.05) is 57.8 Å². The molecule has 2 fully saturated rings. The molecule has 2 aliphatic rings. The topological polar surface area (TPSA) is 18.5 Å². The molecule has 3 nitrogen and oxygen atoms in total. The Kier molecular flexibility index (Phi) is 4.75. The molecule has 15 heavy (non-hydrogen) atoms. The van der Waals surface area contributed by atoms with Gasteiger partial charge in [0, 0.05) is 51.1 Å². The molecule has 0 spiro atoms. The standard InChI is InChI=1S/C11H23N3S/c1-13(11-2-9-15-10-11)7-8-14-5-3-12-4-6-14/h11-12H,2-10H2,1H3. The van der Waals surface area contributed by atoms with Crippen LogP contribution in [0, 0.1) is 0 Å². The van der Waals surface area contributed by atoms with Crippen LogP contribution in [0.5, 0.6) is 0 Å². The van der Waals surface area contributed by atoms with Crippen molar-refractivity contribution in [1.82, 2.24) is 15.1 Å². The number of piperazine rings is 1. The lowest BCUT2D eigenvalue weighted by Crippen LogP contribution is -2.47. The van der Waals surface area contributed by atoms with Crippen LogP contribution in [0.15, 0.2) is 0 Å². The SMILES string of the molecule is CN(CCN1CCNCC1)C1CCSC1. The molecule has 1 atom stereocenters. The Balaban J connectivity index is 1.63. The van der Waals surface area contributed by atoms with E-state index in [1.807, 2.05) is 0 Å². The Labute approximate surface area is 97.6 Å². The van der Waals surface area contributed by atoms with Gasteiger partial charge in [-0.3, -0.25) is 4.90 Å². The van der Waals surface area contributed by atoms with Crippen molar-refractivity contribution >= 4 is 11.8 Å². The molecule has 0 amide bonds. The van der Waals surface area contributed by atoms with Crippen LogP contribution < -0.4 is 5.32 Å². The summed E-state index contributed by atoms with van der Waals surface area (Å²) in [5, 5.41) is 3.40. The van der Waals surface area contributed by atoms with E-state index < -0.39 is 0 Å². The Bertz CT molecular complexity index is 177. The van der Waals surface area contributed by atoms with Crippen LogP contribution in [0.3, 0.4) is 0 Å². The highest BCUT2D eigenvalue weighted by molar-refractivity contribution is 7.99. The van der Waals surface area contributed by atoms with Gasteiger partial charge in [0.1, 0.15) is 0 Å². The number of hydrogen-bond donors (Lipinski definition) is 1. The molecule has 1 unspecified atom stereocenters. The van der Waals surface area contributed by atoms with Crippen molar-refractivity contribution < 1.29 is 0 Å². The third-order valence-corrected chi connectivity index (χ3v) is 4.65. The van der Waals surface area contributed by atoms with Gasteiger partial charge in [-0.2, -0.15) is 11.8 Å². The second-order valence-electron chi connectivity index (χ2n) is 4.59. The Morgan fingerprint density at radius 1 is 1.40 bits per heavy atom. The van der Waals surface area contributed by atoms with Crippen molar-refractivity contribution in [1.29, 1.82) is 0 Å². The zero-order valence-corrected chi connectivity index (χ0v) is 10.6. The van der Waals surface area contributed by atoms with Crippen molar-refractivity contribution in [3.63, 3.8) is 0 Å². The smallest absolute Gasteiger partial charge is 0.0191 e. The van der Waals surface area contributed by atoms with Crippen molar-refractivity contribution in [2.45, 2.75) is 12.5 Å². The fourth-order valence-electron chi connectivity index (χ4n) is 2.29. The molecule has 0 aliphatic carbocycles. The molecule has 0 radical (unpaired) electrons. The predicted molar refractivity (Wildman–Crippen MR) is 67.7 cm³/mol. The molecule has 1 N–H and O–H groups in total. The molecular weight excluding hydrogens is 206 g/mol. The second-order valence-corrected chi connectivity index (χ2v) is 5.74. The number of rotatable bonds is 4. The van der Waals surface area contributed by atoms with E-state index in [1.54, 1.807) is 0 Å². The lowest BCUT2D eigenvalue weighted by atomic mass is 10.2. The first-order chi connectivity index (χ1) is 7.36. The monoisotopic (exact) mass is 229 g/mol. The van der Waals surface area contributed by atoms with Crippen LogP contribution in [0.1, 0.15) is 6.42 Å². The van der Waals surface area contributed by atoms with E-state index in [-0.39, 0.29) is 0 Å². The molecule has 4 heteroatoms. The van der Waals surface area contributed by atoms with E-state index in [9.17, 15) is 0 Å². The Hall–Kier alpha value is 0.230. The molecule has 2 heterocycles. The highest BCUT2D eigenvalue weighted by Gasteiger charge is 2.20. The predicted octanol–water partition coefficient (Wildman–Crippen LogP) is 0.329. The summed E-state index contributed by atoms with van der Waals surface area (Å²) in [4.78, 5) is 5.14. The average molecular weight is 229 g/mol. The molecular formula is C11H23N3S. The third kappa shape index (κ3) is 3.63. The number of thioether (sulfide) groups is 1. The van der Waals surface area contributed by atoms with Gasteiger partial charge >= 0.3 is 0 Å². The van der Waals surface area contributed by atoms with Gasteiger partial charge in [0.05, 0.1) is 0 Å². The van der Waals surface area contributed by atoms with Gasteiger partial charge in [0.15, 0.2) is 0 Å². The van der Waals surface area contributed by atoms with Gasteiger partial charge in [-0.15, -0.1) is 0 Å². The molecule has 0 aromatic heterocycles. The van der Waals surface area contributed by atoms with Crippen molar-refractivity contribution in [2.24, 2.45) is 0 Å². The fourth-order valence-corrected chi connectivity index (χ4v) is 3.58. The number of likely N-dealkylation sites (N-methyl/N-ethyl adjacent to an activating group) is 1. The summed E-state index contributed by atoms with van der Waals surface area (Å²) in [5.41, 5.74) is 0. The van der Waals surface area contributed by atoms with E-state index in [0.717, 1.165) is 6.04 Å². The molecule has 88 valence electrons. The van der Waals surface area contributed by atoms with E-state index in [4.69, 9.17) is 0 Å². The van der Waals surface area contributed by atoms with Crippen LogP contribution >= 0.6 is 11.8 Å². The Morgan fingerprint density at radius 3 is 2.87 bits per heavy atom. The van der Waals surface area contributed by atoms with E-state index in [0.29, 0.717) is 0 Å². The van der Waals surface area contributed by atoms with Crippen LogP contribution in [-0.4, -0.2) is 73.7 Å². The lowest BCUT2D eigenvalue weighted by molar-refractivity contribution is 0.184. The fraction of sp³-hybridized carbons (Fsp3) is 1.00. The van der Waals surface area contributed by atoms with Crippen molar-refractivity contribution in [3.8, 4) is 0 Å². The number of nitrogens with one attached hydrogen (secondary N) is 1. The maximum atomic E-state index is 3.40. The van der Waals surface area contributed by atoms with Gasteiger partial charge < -0.3 is 10.2 Å². The highest BCUT2D eigenvalue weighted by Crippen LogP contribution is 2.20. The summed E-state index contributed by atoms with van der Waals surface area (Å²) in [7, 11) is 2.29. The summed E-state index contributed by atoms with van der Waals surface area (Å²) < 4.78 is 0. The van der Waals surface area contributed by atoms with Crippen LogP contribution in [-0.2, 0) is 0 Å². The molecule has 2 saturated heterocycles. The molecule has 0 aromatic carbocycles. The average Bonchev–Trinajstić information content (AvgIpc) is 2.81. The molecule has 0 aromatic rings. The van der Waals surface area contributed by atoms with E-state index in [2.05, 4.69) is 33.9 Å². The van der Waals surface area contributed by atoms with E-state index >= 15 is 0 Å². The highest BCUT2D eigenvalue weighted by atomic mass is 32.2. The summed E-state index contributed by atoms with van der Waals surface area (Å²) >= 11 is 2.11. The zero-order valence-electron chi connectivity index (χ0n) is 9.74. The van der Waals surface area contributed by atoms with Gasteiger partial charge in [-0.25, -0.2) is 0 Å². The molecule has 2 aliphatic heterocycles. The zero-order chi connectivity index (χ0) is 10.5. The third-order valence-electron chi connectivity index (χ3n) is 3.51. The van der Waals surface area contributed by atoms with Gasteiger partial charge in [-0.05, 0) is 19.2 Å². The van der Waals surface area contributed by atoms with Crippen LogP contribution in [0.25, 0.3) is 0 Å². The van der Waals surface area contributed by atoms with Gasteiger partial charge in [-0.1, -0.05) is 0 Å². The van der Waals surface area contributed by atoms with Crippen LogP contribution in [0.2, 0.25) is 0 Å². The number of hydrogen-bond acceptors (Lipinski definition) is 4. The second kappa shape index (κ2) is 6.09. The normalized spacial score (nSPS) is 28.8. The lowest BCUT2D eigenvalue weighted by Gasteiger charge is -2.30. The van der Waals surface area contributed by atoms with Crippen LogP contribution in [0.4, 0.5) is 0 Å². The first-order valence-electron chi connectivity index (χ1n) is 6.07. The minimum absolute atomic E-state index is 0.845. The summed E-state index contributed by atoms with van der Waals surface area (Å²) in [6.07, 6.45) is 1.39. The summed E-state index contributed by atoms with van der Waals surface area (Å²) in [6.45, 7) is 7.29. The first-order valence-corrected chi connectivity index (χ1v) is 7.23. The maximum absolute atomic E-state index is 3.40.